The molecule has 154 valence electrons. The molecule has 0 bridgehead atoms. The molecule has 3 N–H and O–H groups in total. The molecule has 2 aromatic carbocycles. The number of nitrogens with one attached hydrogen (secondary N) is 1. The Morgan fingerprint density at radius 3 is 2.48 bits per heavy atom. The fourth-order valence-corrected chi connectivity index (χ4v) is 4.36. The van der Waals surface area contributed by atoms with Crippen LogP contribution >= 0.6 is 12.4 Å². The molecule has 0 atom stereocenters. The first-order valence-electron chi connectivity index (χ1n) is 9.11. The summed E-state index contributed by atoms with van der Waals surface area (Å²) in [5.74, 6) is 0.747. The molecule has 1 aromatic heterocycles. The molecule has 4 rings (SSSR count). The van der Waals surface area contributed by atoms with Gasteiger partial charge in [0, 0.05) is 5.56 Å². The van der Waals surface area contributed by atoms with Crippen LogP contribution in [0.15, 0.2) is 51.9 Å². The lowest BCUT2D eigenvalue weighted by Crippen LogP contribution is -2.44. The zero-order chi connectivity index (χ0) is 19.9. The Labute approximate surface area is 176 Å². The van der Waals surface area contributed by atoms with Crippen LogP contribution in [0.4, 0.5) is 5.69 Å². The van der Waals surface area contributed by atoms with Crippen LogP contribution in [0.25, 0.3) is 11.5 Å². The smallest absolute Gasteiger partial charge is 0.261 e. The SMILES string of the molecule is Cc1ccccc1NS(=O)(=O)c1ccc(C)c(-c2nc(C3(N)CCC3)no2)c1.Cl. The number of benzene rings is 2. The highest BCUT2D eigenvalue weighted by atomic mass is 35.5. The molecule has 0 saturated heterocycles. The minimum atomic E-state index is -3.76. The summed E-state index contributed by atoms with van der Waals surface area (Å²) < 4.78 is 33.8. The van der Waals surface area contributed by atoms with Crippen LogP contribution in [-0.4, -0.2) is 18.6 Å². The molecule has 1 saturated carbocycles. The number of sulfonamides is 1. The summed E-state index contributed by atoms with van der Waals surface area (Å²) in [6.45, 7) is 3.72. The van der Waals surface area contributed by atoms with Crippen LogP contribution < -0.4 is 10.5 Å². The van der Waals surface area contributed by atoms with Crippen LogP contribution in [0.2, 0.25) is 0 Å². The molecule has 9 heteroatoms. The molecular weight excluding hydrogens is 412 g/mol. The number of aromatic nitrogens is 2. The molecule has 0 unspecified atom stereocenters. The predicted molar refractivity (Wildman–Crippen MR) is 113 cm³/mol. The van der Waals surface area contributed by atoms with Gasteiger partial charge in [-0.25, -0.2) is 8.42 Å². The van der Waals surface area contributed by atoms with Gasteiger partial charge >= 0.3 is 0 Å². The number of nitrogens with two attached hydrogens (primary N) is 1. The summed E-state index contributed by atoms with van der Waals surface area (Å²) in [7, 11) is -3.76. The molecule has 7 nitrogen and oxygen atoms in total. The molecule has 0 radical (unpaired) electrons. The Balaban J connectivity index is 0.00000240. The number of para-hydroxylation sites is 1. The quantitative estimate of drug-likeness (QED) is 0.629. The monoisotopic (exact) mass is 434 g/mol. The first kappa shape index (κ1) is 21.3. The molecular formula is C20H23ClN4O3S. The topological polar surface area (TPSA) is 111 Å². The Hall–Kier alpha value is -2.42. The lowest BCUT2D eigenvalue weighted by molar-refractivity contribution is 0.229. The minimum absolute atomic E-state index is 0. The number of rotatable bonds is 5. The third kappa shape index (κ3) is 4.01. The van der Waals surface area contributed by atoms with Crippen molar-refractivity contribution in [2.45, 2.75) is 43.5 Å². The second-order valence-electron chi connectivity index (χ2n) is 7.33. The first-order chi connectivity index (χ1) is 13.3. The van der Waals surface area contributed by atoms with Crippen molar-refractivity contribution in [2.75, 3.05) is 4.72 Å². The van der Waals surface area contributed by atoms with E-state index in [4.69, 9.17) is 10.3 Å². The molecule has 1 fully saturated rings. The molecule has 1 aliphatic carbocycles. The largest absolute Gasteiger partial charge is 0.334 e. The molecule has 1 heterocycles. The summed E-state index contributed by atoms with van der Waals surface area (Å²) in [6.07, 6.45) is 2.68. The van der Waals surface area contributed by atoms with Crippen LogP contribution in [0.5, 0.6) is 0 Å². The third-order valence-corrected chi connectivity index (χ3v) is 6.62. The number of halogens is 1. The zero-order valence-electron chi connectivity index (χ0n) is 16.2. The lowest BCUT2D eigenvalue weighted by Gasteiger charge is -2.34. The molecule has 1 aliphatic rings. The van der Waals surface area contributed by atoms with Gasteiger partial charge in [-0.2, -0.15) is 4.98 Å². The Bertz CT molecular complexity index is 1140. The van der Waals surface area contributed by atoms with Gasteiger partial charge in [0.25, 0.3) is 15.9 Å². The van der Waals surface area contributed by atoms with E-state index in [-0.39, 0.29) is 23.2 Å². The molecule has 0 aliphatic heterocycles. The Kier molecular flexibility index (Phi) is 5.71. The lowest BCUT2D eigenvalue weighted by atomic mass is 9.77. The van der Waals surface area contributed by atoms with Crippen LogP contribution in [-0.2, 0) is 15.6 Å². The average molecular weight is 435 g/mol. The Morgan fingerprint density at radius 1 is 1.10 bits per heavy atom. The van der Waals surface area contributed by atoms with E-state index in [9.17, 15) is 8.42 Å². The van der Waals surface area contributed by atoms with E-state index in [2.05, 4.69) is 14.9 Å². The highest BCUT2D eigenvalue weighted by Gasteiger charge is 2.39. The van der Waals surface area contributed by atoms with Gasteiger partial charge in [-0.05, 0) is 62.4 Å². The Morgan fingerprint density at radius 2 is 1.83 bits per heavy atom. The summed E-state index contributed by atoms with van der Waals surface area (Å²) >= 11 is 0. The van der Waals surface area contributed by atoms with Crippen molar-refractivity contribution in [2.24, 2.45) is 5.73 Å². The molecule has 0 amide bonds. The van der Waals surface area contributed by atoms with Crippen molar-refractivity contribution in [1.29, 1.82) is 0 Å². The van der Waals surface area contributed by atoms with Gasteiger partial charge in [0.2, 0.25) is 0 Å². The van der Waals surface area contributed by atoms with E-state index >= 15 is 0 Å². The van der Waals surface area contributed by atoms with Gasteiger partial charge in [-0.3, -0.25) is 4.72 Å². The fraction of sp³-hybridized carbons (Fsp3) is 0.300. The first-order valence-corrected chi connectivity index (χ1v) is 10.6. The van der Waals surface area contributed by atoms with Crippen LogP contribution in [0.1, 0.15) is 36.2 Å². The second-order valence-corrected chi connectivity index (χ2v) is 9.01. The van der Waals surface area contributed by atoms with Crippen molar-refractivity contribution in [3.63, 3.8) is 0 Å². The highest BCUT2D eigenvalue weighted by Crippen LogP contribution is 2.38. The zero-order valence-corrected chi connectivity index (χ0v) is 17.8. The standard InChI is InChI=1S/C20H22N4O3S.ClH/c1-13-8-9-15(28(25,26)24-17-7-4-3-6-14(17)2)12-16(13)18-22-19(23-27-18)20(21)10-5-11-20;/h3-4,6-9,12,24H,5,10-11,21H2,1-2H3;1H. The highest BCUT2D eigenvalue weighted by molar-refractivity contribution is 7.92. The number of anilines is 1. The summed E-state index contributed by atoms with van der Waals surface area (Å²) in [4.78, 5) is 4.57. The van der Waals surface area contributed by atoms with Crippen molar-refractivity contribution < 1.29 is 12.9 Å². The number of aryl methyl sites for hydroxylation is 2. The summed E-state index contributed by atoms with van der Waals surface area (Å²) in [6, 6.07) is 12.1. The third-order valence-electron chi connectivity index (χ3n) is 5.26. The van der Waals surface area contributed by atoms with Gasteiger partial charge in [0.1, 0.15) is 0 Å². The van der Waals surface area contributed by atoms with Gasteiger partial charge in [-0.15, -0.1) is 12.4 Å². The number of hydrogen-bond donors (Lipinski definition) is 2. The van der Waals surface area contributed by atoms with E-state index in [0.29, 0.717) is 17.1 Å². The van der Waals surface area contributed by atoms with Gasteiger partial charge < -0.3 is 10.3 Å². The van der Waals surface area contributed by atoms with Crippen LogP contribution in [0, 0.1) is 13.8 Å². The van der Waals surface area contributed by atoms with Gasteiger partial charge in [0.05, 0.1) is 16.1 Å². The van der Waals surface area contributed by atoms with Crippen LogP contribution in [0.3, 0.4) is 0 Å². The van der Waals surface area contributed by atoms with Gasteiger partial charge in [0.15, 0.2) is 5.82 Å². The van der Waals surface area contributed by atoms with Crippen molar-refractivity contribution in [3.05, 3.63) is 59.4 Å². The second kappa shape index (κ2) is 7.78. The summed E-state index contributed by atoms with van der Waals surface area (Å²) in [5, 5.41) is 4.02. The number of hydrogen-bond acceptors (Lipinski definition) is 6. The molecule has 29 heavy (non-hydrogen) atoms. The predicted octanol–water partition coefficient (Wildman–Crippen LogP) is 3.91. The van der Waals surface area contributed by atoms with Crippen molar-refractivity contribution >= 4 is 28.1 Å². The van der Waals surface area contributed by atoms with E-state index in [0.717, 1.165) is 30.4 Å². The molecule has 3 aromatic rings. The van der Waals surface area contributed by atoms with Crippen molar-refractivity contribution in [1.82, 2.24) is 10.1 Å². The number of nitrogens with zero attached hydrogens (tertiary/aromatic N) is 2. The average Bonchev–Trinajstić information content (AvgIpc) is 3.12. The fourth-order valence-electron chi connectivity index (χ4n) is 3.21. The van der Waals surface area contributed by atoms with E-state index in [1.807, 2.05) is 26.0 Å². The summed E-state index contributed by atoms with van der Waals surface area (Å²) in [5.41, 5.74) is 8.52. The normalized spacial score (nSPS) is 15.3. The maximum Gasteiger partial charge on any atom is 0.261 e. The van der Waals surface area contributed by atoms with E-state index in [1.54, 1.807) is 30.3 Å². The minimum Gasteiger partial charge on any atom is -0.334 e. The van der Waals surface area contributed by atoms with Crippen molar-refractivity contribution in [3.8, 4) is 11.5 Å². The molecule has 0 spiro atoms. The maximum atomic E-state index is 12.9. The van der Waals surface area contributed by atoms with Gasteiger partial charge in [-0.1, -0.05) is 29.4 Å². The van der Waals surface area contributed by atoms with E-state index in [1.165, 1.54) is 0 Å². The maximum absolute atomic E-state index is 12.9. The van der Waals surface area contributed by atoms with E-state index < -0.39 is 15.6 Å².